The minimum absolute atomic E-state index is 0.370. The third-order valence-electron chi connectivity index (χ3n) is 3.61. The van der Waals surface area contributed by atoms with E-state index >= 15 is 0 Å². The number of nitrogens with zero attached hydrogens (tertiary/aromatic N) is 1. The van der Waals surface area contributed by atoms with Crippen LogP contribution in [0.4, 0.5) is 5.69 Å². The SMILES string of the molecule is COc1ccc(C2Nc3ccccc3C(=O)N2[O-])cc1OC. The van der Waals surface area contributed by atoms with E-state index in [0.717, 1.165) is 0 Å². The molecular formula is C16H15N2O4-. The van der Waals surface area contributed by atoms with Crippen LogP contribution in [-0.4, -0.2) is 25.2 Å². The molecule has 2 aromatic carbocycles. The molecule has 114 valence electrons. The Morgan fingerprint density at radius 2 is 1.82 bits per heavy atom. The van der Waals surface area contributed by atoms with Crippen molar-refractivity contribution in [1.82, 2.24) is 5.06 Å². The molecule has 1 N–H and O–H groups in total. The number of amides is 1. The monoisotopic (exact) mass is 299 g/mol. The number of hydrogen-bond acceptors (Lipinski definition) is 5. The van der Waals surface area contributed by atoms with Crippen molar-refractivity contribution in [3.8, 4) is 11.5 Å². The maximum absolute atomic E-state index is 12.3. The van der Waals surface area contributed by atoms with Gasteiger partial charge in [-0.05, 0) is 29.8 Å². The highest BCUT2D eigenvalue weighted by Crippen LogP contribution is 2.36. The molecule has 1 amide bonds. The molecule has 1 aliphatic rings. The largest absolute Gasteiger partial charge is 0.754 e. The van der Waals surface area contributed by atoms with Gasteiger partial charge in [-0.2, -0.15) is 0 Å². The summed E-state index contributed by atoms with van der Waals surface area (Å²) in [6.45, 7) is 0. The first-order chi connectivity index (χ1) is 10.7. The Kier molecular flexibility index (Phi) is 3.60. The number of nitrogens with one attached hydrogen (secondary N) is 1. The summed E-state index contributed by atoms with van der Waals surface area (Å²) in [5.74, 6) is 0.502. The van der Waals surface area contributed by atoms with Crippen molar-refractivity contribution in [3.05, 3.63) is 58.8 Å². The van der Waals surface area contributed by atoms with Crippen LogP contribution in [-0.2, 0) is 0 Å². The van der Waals surface area contributed by atoms with Gasteiger partial charge in [0, 0.05) is 5.69 Å². The van der Waals surface area contributed by atoms with E-state index in [2.05, 4.69) is 5.32 Å². The molecule has 1 atom stereocenters. The number of para-hydroxylation sites is 1. The number of rotatable bonds is 3. The number of fused-ring (bicyclic) bond motifs is 1. The van der Waals surface area contributed by atoms with Crippen molar-refractivity contribution in [2.75, 3.05) is 19.5 Å². The summed E-state index contributed by atoms with van der Waals surface area (Å²) in [5.41, 5.74) is 1.63. The van der Waals surface area contributed by atoms with E-state index in [-0.39, 0.29) is 0 Å². The molecule has 0 aliphatic carbocycles. The average molecular weight is 299 g/mol. The first-order valence-corrected chi connectivity index (χ1v) is 6.74. The van der Waals surface area contributed by atoms with Gasteiger partial charge in [-0.15, -0.1) is 0 Å². The van der Waals surface area contributed by atoms with Crippen LogP contribution in [0.25, 0.3) is 0 Å². The number of methoxy groups -OCH3 is 2. The lowest BCUT2D eigenvalue weighted by Gasteiger charge is -2.42. The smallest absolute Gasteiger partial charge is 0.247 e. The fraction of sp³-hybridized carbons (Fsp3) is 0.188. The minimum atomic E-state index is -0.804. The maximum Gasteiger partial charge on any atom is 0.247 e. The summed E-state index contributed by atoms with van der Waals surface area (Å²) in [4.78, 5) is 12.2. The van der Waals surface area contributed by atoms with Gasteiger partial charge in [0.05, 0.1) is 19.8 Å². The van der Waals surface area contributed by atoms with Gasteiger partial charge >= 0.3 is 0 Å². The highest BCUT2D eigenvalue weighted by atomic mass is 16.5. The molecule has 0 spiro atoms. The molecular weight excluding hydrogens is 284 g/mol. The number of hydrogen-bond donors (Lipinski definition) is 1. The lowest BCUT2D eigenvalue weighted by molar-refractivity contribution is 0.0771. The van der Waals surface area contributed by atoms with E-state index in [9.17, 15) is 10.0 Å². The number of anilines is 1. The van der Waals surface area contributed by atoms with Crippen LogP contribution in [0.3, 0.4) is 0 Å². The van der Waals surface area contributed by atoms with Crippen LogP contribution < -0.4 is 14.8 Å². The normalized spacial score (nSPS) is 16.8. The van der Waals surface area contributed by atoms with E-state index in [4.69, 9.17) is 9.47 Å². The molecule has 0 radical (unpaired) electrons. The Labute approximate surface area is 127 Å². The zero-order valence-corrected chi connectivity index (χ0v) is 12.2. The molecule has 1 unspecified atom stereocenters. The zero-order chi connectivity index (χ0) is 15.7. The van der Waals surface area contributed by atoms with Gasteiger partial charge < -0.3 is 25.1 Å². The third-order valence-corrected chi connectivity index (χ3v) is 3.61. The second kappa shape index (κ2) is 5.57. The maximum atomic E-state index is 12.3. The van der Waals surface area contributed by atoms with Gasteiger partial charge in [-0.1, -0.05) is 18.2 Å². The fourth-order valence-corrected chi connectivity index (χ4v) is 2.48. The molecule has 1 heterocycles. The minimum Gasteiger partial charge on any atom is -0.754 e. The summed E-state index contributed by atoms with van der Waals surface area (Å²) >= 11 is 0. The summed E-state index contributed by atoms with van der Waals surface area (Å²) in [6, 6.07) is 12.0. The lowest BCUT2D eigenvalue weighted by Crippen LogP contribution is -2.38. The standard InChI is InChI=1S/C16H15N2O4/c1-21-13-8-7-10(9-14(13)22-2)15-17-12-6-4-3-5-11(12)16(19)18(15)20/h3-9,15,17H,1-2H3/q-1. The van der Waals surface area contributed by atoms with E-state index in [1.165, 1.54) is 14.2 Å². The number of ether oxygens (including phenoxy) is 2. The van der Waals surface area contributed by atoms with Crippen molar-refractivity contribution < 1.29 is 14.3 Å². The second-order valence-electron chi connectivity index (χ2n) is 4.84. The van der Waals surface area contributed by atoms with Crippen LogP contribution in [0, 0.1) is 5.21 Å². The predicted octanol–water partition coefficient (Wildman–Crippen LogP) is 2.77. The van der Waals surface area contributed by atoms with E-state index in [1.54, 1.807) is 36.4 Å². The van der Waals surface area contributed by atoms with E-state index < -0.39 is 12.1 Å². The van der Waals surface area contributed by atoms with Crippen molar-refractivity contribution in [1.29, 1.82) is 0 Å². The summed E-state index contributed by atoms with van der Waals surface area (Å²) < 4.78 is 10.4. The molecule has 0 bridgehead atoms. The molecule has 0 fully saturated rings. The highest BCUT2D eigenvalue weighted by Gasteiger charge is 2.27. The molecule has 0 saturated carbocycles. The molecule has 1 aliphatic heterocycles. The molecule has 0 aromatic heterocycles. The molecule has 6 nitrogen and oxygen atoms in total. The van der Waals surface area contributed by atoms with Gasteiger partial charge in [0.1, 0.15) is 6.17 Å². The number of benzene rings is 2. The molecule has 22 heavy (non-hydrogen) atoms. The van der Waals surface area contributed by atoms with Crippen molar-refractivity contribution >= 4 is 11.6 Å². The Hall–Kier alpha value is -2.73. The fourth-order valence-electron chi connectivity index (χ4n) is 2.48. The van der Waals surface area contributed by atoms with Gasteiger partial charge in [0.25, 0.3) is 0 Å². The highest BCUT2D eigenvalue weighted by molar-refractivity contribution is 6.01. The second-order valence-corrected chi connectivity index (χ2v) is 4.84. The van der Waals surface area contributed by atoms with Crippen molar-refractivity contribution in [3.63, 3.8) is 0 Å². The van der Waals surface area contributed by atoms with Gasteiger partial charge in [0.15, 0.2) is 11.5 Å². The Morgan fingerprint density at radius 3 is 2.55 bits per heavy atom. The van der Waals surface area contributed by atoms with Crippen LogP contribution in [0.5, 0.6) is 11.5 Å². The van der Waals surface area contributed by atoms with E-state index in [1.807, 2.05) is 6.07 Å². The zero-order valence-electron chi connectivity index (χ0n) is 12.2. The Bertz CT molecular complexity index is 717. The number of carbonyl (C=O) groups is 1. The van der Waals surface area contributed by atoms with Crippen molar-refractivity contribution in [2.45, 2.75) is 6.17 Å². The van der Waals surface area contributed by atoms with Crippen LogP contribution in [0.15, 0.2) is 42.5 Å². The summed E-state index contributed by atoms with van der Waals surface area (Å²) in [5, 5.41) is 15.8. The van der Waals surface area contributed by atoms with Crippen molar-refractivity contribution in [2.24, 2.45) is 0 Å². The number of carbonyl (C=O) groups excluding carboxylic acids is 1. The Balaban J connectivity index is 2.01. The number of hydroxylamine groups is 2. The third kappa shape index (κ3) is 2.23. The van der Waals surface area contributed by atoms with E-state index in [0.29, 0.717) is 33.4 Å². The van der Waals surface area contributed by atoms with Gasteiger partial charge in [0.2, 0.25) is 5.91 Å². The molecule has 0 saturated heterocycles. The average Bonchev–Trinajstić information content (AvgIpc) is 2.57. The predicted molar refractivity (Wildman–Crippen MR) is 81.9 cm³/mol. The van der Waals surface area contributed by atoms with Gasteiger partial charge in [-0.25, -0.2) is 0 Å². The molecule has 2 aromatic rings. The molecule has 3 rings (SSSR count). The lowest BCUT2D eigenvalue weighted by atomic mass is 10.0. The quantitative estimate of drug-likeness (QED) is 0.943. The molecule has 6 heteroatoms. The summed E-state index contributed by atoms with van der Waals surface area (Å²) in [6.07, 6.45) is -0.804. The van der Waals surface area contributed by atoms with Crippen LogP contribution >= 0.6 is 0 Å². The van der Waals surface area contributed by atoms with Crippen LogP contribution in [0.1, 0.15) is 22.1 Å². The summed E-state index contributed by atoms with van der Waals surface area (Å²) in [7, 11) is 3.06. The first kappa shape index (κ1) is 14.2. The van der Waals surface area contributed by atoms with Gasteiger partial charge in [-0.3, -0.25) is 4.79 Å². The first-order valence-electron chi connectivity index (χ1n) is 6.74. The van der Waals surface area contributed by atoms with Crippen LogP contribution in [0.2, 0.25) is 0 Å². The Morgan fingerprint density at radius 1 is 1.09 bits per heavy atom. The topological polar surface area (TPSA) is 73.9 Å².